The topological polar surface area (TPSA) is 27.7 Å². The quantitative estimate of drug-likeness (QED) is 0.222. The van der Waals surface area contributed by atoms with Gasteiger partial charge in [0.15, 0.2) is 23.2 Å². The number of hydrogen-bond donors (Lipinski definition) is 0. The summed E-state index contributed by atoms with van der Waals surface area (Å²) >= 11 is 0. The lowest BCUT2D eigenvalue weighted by molar-refractivity contribution is 0.0118. The Hall–Kier alpha value is -2.31. The van der Waals surface area contributed by atoms with Gasteiger partial charge in [0.2, 0.25) is 0 Å². The Bertz CT molecular complexity index is 1020. The van der Waals surface area contributed by atoms with E-state index < -0.39 is 11.6 Å². The van der Waals surface area contributed by atoms with E-state index >= 15 is 0 Å². The Morgan fingerprint density at radius 2 is 1.51 bits per heavy atom. The Kier molecular flexibility index (Phi) is 10.1. The Morgan fingerprint density at radius 3 is 2.16 bits per heavy atom. The summed E-state index contributed by atoms with van der Waals surface area (Å²) in [4.78, 5) is 0. The van der Waals surface area contributed by atoms with Gasteiger partial charge in [0.25, 0.3) is 0 Å². The van der Waals surface area contributed by atoms with Gasteiger partial charge in [0.1, 0.15) is 0 Å². The van der Waals surface area contributed by atoms with Crippen LogP contribution in [0.15, 0.2) is 43.0 Å². The van der Waals surface area contributed by atoms with Crippen molar-refractivity contribution in [3.05, 3.63) is 77.1 Å². The minimum atomic E-state index is -0.788. The molecule has 2 fully saturated rings. The third kappa shape index (κ3) is 7.17. The molecular weight excluding hydrogens is 477 g/mol. The fourth-order valence-electron chi connectivity index (χ4n) is 5.72. The lowest BCUT2D eigenvalue weighted by atomic mass is 9.82. The van der Waals surface area contributed by atoms with Gasteiger partial charge in [-0.05, 0) is 99.8 Å². The van der Waals surface area contributed by atoms with Crippen molar-refractivity contribution >= 4 is 0 Å². The van der Waals surface area contributed by atoms with Crippen LogP contribution in [-0.4, -0.2) is 25.4 Å². The van der Waals surface area contributed by atoms with Crippen LogP contribution < -0.4 is 4.74 Å². The minimum absolute atomic E-state index is 0.0152. The SMILES string of the molecule is C=CCCOc1ccc(C2CCC(OCc3ccc(C4CCC(OCC)CC4)c(F)c3F)CC2)cc1F. The van der Waals surface area contributed by atoms with E-state index in [4.69, 9.17) is 14.2 Å². The highest BCUT2D eigenvalue weighted by molar-refractivity contribution is 5.32. The molecule has 0 atom stereocenters. The second-order valence-electron chi connectivity index (χ2n) is 10.3. The average molecular weight is 517 g/mol. The lowest BCUT2D eigenvalue weighted by Crippen LogP contribution is -2.22. The Morgan fingerprint density at radius 1 is 0.838 bits per heavy atom. The monoisotopic (exact) mass is 516 g/mol. The van der Waals surface area contributed by atoms with E-state index in [1.165, 1.54) is 0 Å². The summed E-state index contributed by atoms with van der Waals surface area (Å²) in [6.07, 6.45) is 9.34. The molecule has 0 aliphatic heterocycles. The van der Waals surface area contributed by atoms with Crippen LogP contribution in [0.4, 0.5) is 13.2 Å². The summed E-state index contributed by atoms with van der Waals surface area (Å²) in [5.41, 5.74) is 1.70. The number of ether oxygens (including phenoxy) is 3. The van der Waals surface area contributed by atoms with Crippen molar-refractivity contribution in [3.63, 3.8) is 0 Å². The molecule has 0 N–H and O–H groups in total. The van der Waals surface area contributed by atoms with Gasteiger partial charge in [-0.2, -0.15) is 0 Å². The Balaban J connectivity index is 1.26. The number of hydrogen-bond acceptors (Lipinski definition) is 3. The van der Waals surface area contributed by atoms with Crippen LogP contribution in [0.3, 0.4) is 0 Å². The van der Waals surface area contributed by atoms with Crippen LogP contribution in [0.1, 0.15) is 93.2 Å². The standard InChI is InChI=1S/C31H39F3O3/c1-3-5-18-36-29-17-11-23(19-28(29)32)21-6-12-26(13-7-21)37-20-24-10-16-27(31(34)30(24)33)22-8-14-25(15-9-22)35-4-2/h3,10-11,16-17,19,21-22,25-26H,1,4-9,12-15,18,20H2,2H3. The first-order valence-corrected chi connectivity index (χ1v) is 13.7. The van der Waals surface area contributed by atoms with Crippen LogP contribution in [-0.2, 0) is 16.1 Å². The molecule has 2 aromatic rings. The van der Waals surface area contributed by atoms with Crippen molar-refractivity contribution in [2.45, 2.75) is 95.4 Å². The molecule has 0 saturated heterocycles. The lowest BCUT2D eigenvalue weighted by Gasteiger charge is -2.30. The molecule has 6 heteroatoms. The van der Waals surface area contributed by atoms with Gasteiger partial charge in [-0.25, -0.2) is 13.2 Å². The van der Waals surface area contributed by atoms with Crippen molar-refractivity contribution in [2.75, 3.05) is 13.2 Å². The maximum absolute atomic E-state index is 14.9. The van der Waals surface area contributed by atoms with Gasteiger partial charge in [0, 0.05) is 12.2 Å². The maximum atomic E-state index is 14.9. The third-order valence-electron chi connectivity index (χ3n) is 7.86. The molecule has 2 aliphatic rings. The van der Waals surface area contributed by atoms with Gasteiger partial charge in [0.05, 0.1) is 25.4 Å². The molecule has 0 heterocycles. The summed E-state index contributed by atoms with van der Waals surface area (Å²) in [6, 6.07) is 8.61. The highest BCUT2D eigenvalue weighted by Crippen LogP contribution is 2.38. The second kappa shape index (κ2) is 13.5. The van der Waals surface area contributed by atoms with Crippen LogP contribution in [0, 0.1) is 17.5 Å². The molecule has 3 nitrogen and oxygen atoms in total. The highest BCUT2D eigenvalue weighted by Gasteiger charge is 2.28. The molecule has 0 spiro atoms. The first kappa shape index (κ1) is 27.7. The van der Waals surface area contributed by atoms with E-state index in [0.717, 1.165) is 56.9 Å². The molecule has 4 rings (SSSR count). The molecule has 2 aliphatic carbocycles. The predicted octanol–water partition coefficient (Wildman–Crippen LogP) is 8.36. The van der Waals surface area contributed by atoms with Crippen molar-refractivity contribution < 1.29 is 27.4 Å². The molecule has 202 valence electrons. The van der Waals surface area contributed by atoms with Crippen molar-refractivity contribution in [1.82, 2.24) is 0 Å². The highest BCUT2D eigenvalue weighted by atomic mass is 19.2. The van der Waals surface area contributed by atoms with Gasteiger partial charge < -0.3 is 14.2 Å². The molecule has 2 aromatic carbocycles. The first-order chi connectivity index (χ1) is 18.0. The van der Waals surface area contributed by atoms with Gasteiger partial charge in [-0.3, -0.25) is 0 Å². The van der Waals surface area contributed by atoms with Crippen LogP contribution in [0.2, 0.25) is 0 Å². The number of benzene rings is 2. The van der Waals surface area contributed by atoms with Gasteiger partial charge >= 0.3 is 0 Å². The zero-order valence-electron chi connectivity index (χ0n) is 21.8. The molecular formula is C31H39F3O3. The first-order valence-electron chi connectivity index (χ1n) is 13.7. The predicted molar refractivity (Wildman–Crippen MR) is 139 cm³/mol. The summed E-state index contributed by atoms with van der Waals surface area (Å²) in [6.45, 7) is 6.77. The molecule has 37 heavy (non-hydrogen) atoms. The second-order valence-corrected chi connectivity index (χ2v) is 10.3. The van der Waals surface area contributed by atoms with Crippen LogP contribution >= 0.6 is 0 Å². The summed E-state index contributed by atoms with van der Waals surface area (Å²) in [5, 5.41) is 0. The number of rotatable bonds is 11. The Labute approximate surface area is 219 Å². The summed E-state index contributed by atoms with van der Waals surface area (Å²) in [7, 11) is 0. The average Bonchev–Trinajstić information content (AvgIpc) is 2.92. The van der Waals surface area contributed by atoms with Crippen molar-refractivity contribution in [2.24, 2.45) is 0 Å². The molecule has 0 bridgehead atoms. The fraction of sp³-hybridized carbons (Fsp3) is 0.548. The molecule has 0 aromatic heterocycles. The minimum Gasteiger partial charge on any atom is -0.490 e. The molecule has 0 amide bonds. The zero-order chi connectivity index (χ0) is 26.2. The van der Waals surface area contributed by atoms with E-state index in [-0.39, 0.29) is 47.8 Å². The van der Waals surface area contributed by atoms with E-state index in [2.05, 4.69) is 6.58 Å². The number of halogens is 3. The normalized spacial score (nSPS) is 24.1. The smallest absolute Gasteiger partial charge is 0.165 e. The van der Waals surface area contributed by atoms with Crippen LogP contribution in [0.5, 0.6) is 5.75 Å². The van der Waals surface area contributed by atoms with E-state index in [9.17, 15) is 13.2 Å². The van der Waals surface area contributed by atoms with Crippen molar-refractivity contribution in [1.29, 1.82) is 0 Å². The summed E-state index contributed by atoms with van der Waals surface area (Å²) < 4.78 is 61.4. The largest absolute Gasteiger partial charge is 0.490 e. The fourth-order valence-corrected chi connectivity index (χ4v) is 5.72. The maximum Gasteiger partial charge on any atom is 0.165 e. The molecule has 0 unspecified atom stereocenters. The van der Waals surface area contributed by atoms with E-state index in [1.54, 1.807) is 30.3 Å². The van der Waals surface area contributed by atoms with E-state index in [1.807, 2.05) is 13.0 Å². The van der Waals surface area contributed by atoms with Crippen LogP contribution in [0.25, 0.3) is 0 Å². The van der Waals surface area contributed by atoms with E-state index in [0.29, 0.717) is 25.2 Å². The van der Waals surface area contributed by atoms with Crippen molar-refractivity contribution in [3.8, 4) is 5.75 Å². The molecule has 0 radical (unpaired) electrons. The zero-order valence-corrected chi connectivity index (χ0v) is 21.8. The molecule has 2 saturated carbocycles. The van der Waals surface area contributed by atoms with Gasteiger partial charge in [-0.1, -0.05) is 24.3 Å². The summed E-state index contributed by atoms with van der Waals surface area (Å²) in [5.74, 6) is -1.31. The third-order valence-corrected chi connectivity index (χ3v) is 7.86. The van der Waals surface area contributed by atoms with Gasteiger partial charge in [-0.15, -0.1) is 6.58 Å².